The summed E-state index contributed by atoms with van der Waals surface area (Å²) in [5.74, 6) is -2.08. The summed E-state index contributed by atoms with van der Waals surface area (Å²) in [5, 5.41) is 0. The molecule has 0 aromatic rings. The van der Waals surface area contributed by atoms with E-state index in [0.29, 0.717) is 6.42 Å². The van der Waals surface area contributed by atoms with Crippen LogP contribution in [-0.4, -0.2) is 24.8 Å². The lowest BCUT2D eigenvalue weighted by Gasteiger charge is -2.24. The van der Waals surface area contributed by atoms with Crippen molar-refractivity contribution >= 4 is 5.97 Å². The van der Waals surface area contributed by atoms with Gasteiger partial charge < -0.3 is 10.5 Å². The molecule has 0 aliphatic rings. The lowest BCUT2D eigenvalue weighted by Crippen LogP contribution is -2.47. The van der Waals surface area contributed by atoms with Gasteiger partial charge in [0.1, 0.15) is 6.04 Å². The Kier molecular flexibility index (Phi) is 6.52. The molecule has 0 heterocycles. The molecule has 2 atom stereocenters. The minimum absolute atomic E-state index is 0.0810. The van der Waals surface area contributed by atoms with Gasteiger partial charge in [-0.3, -0.25) is 4.79 Å². The third-order valence-corrected chi connectivity index (χ3v) is 2.27. The molecule has 0 aromatic carbocycles. The van der Waals surface area contributed by atoms with E-state index in [1.807, 2.05) is 13.8 Å². The van der Waals surface area contributed by atoms with Gasteiger partial charge >= 0.3 is 12.1 Å². The molecule has 3 nitrogen and oxygen atoms in total. The van der Waals surface area contributed by atoms with E-state index in [-0.39, 0.29) is 18.9 Å². The maximum Gasteiger partial charge on any atom is 0.404 e. The van der Waals surface area contributed by atoms with Crippen molar-refractivity contribution in [2.45, 2.75) is 45.8 Å². The van der Waals surface area contributed by atoms with Gasteiger partial charge in [0, 0.05) is 0 Å². The Labute approximate surface area is 99.5 Å². The summed E-state index contributed by atoms with van der Waals surface area (Å²) in [6, 6.07) is -2.15. The largest absolute Gasteiger partial charge is 0.465 e. The zero-order valence-corrected chi connectivity index (χ0v) is 10.4. The summed E-state index contributed by atoms with van der Waals surface area (Å²) < 4.78 is 42.2. The molecule has 0 bridgehead atoms. The van der Waals surface area contributed by atoms with E-state index in [0.717, 1.165) is 0 Å². The normalized spacial score (nSPS) is 15.8. The summed E-state index contributed by atoms with van der Waals surface area (Å²) in [5.41, 5.74) is 5.06. The fourth-order valence-corrected chi connectivity index (χ4v) is 1.34. The van der Waals surface area contributed by atoms with Gasteiger partial charge in [-0.05, 0) is 12.3 Å². The maximum atomic E-state index is 12.4. The summed E-state index contributed by atoms with van der Waals surface area (Å²) in [4.78, 5) is 11.5. The SMILES string of the molecule is CCC[C@@H](C(=O)OCC(C)C)[C@@H](N)C(F)(F)F. The monoisotopic (exact) mass is 255 g/mol. The van der Waals surface area contributed by atoms with E-state index >= 15 is 0 Å². The number of ether oxygens (including phenoxy) is 1. The van der Waals surface area contributed by atoms with Crippen molar-refractivity contribution < 1.29 is 22.7 Å². The van der Waals surface area contributed by atoms with Crippen LogP contribution in [0.1, 0.15) is 33.6 Å². The van der Waals surface area contributed by atoms with Crippen molar-refractivity contribution in [3.8, 4) is 0 Å². The second-order valence-corrected chi connectivity index (χ2v) is 4.49. The lowest BCUT2D eigenvalue weighted by atomic mass is 9.95. The molecule has 0 aliphatic carbocycles. The molecule has 0 aromatic heterocycles. The zero-order valence-electron chi connectivity index (χ0n) is 10.4. The maximum absolute atomic E-state index is 12.4. The second-order valence-electron chi connectivity index (χ2n) is 4.49. The molecule has 0 saturated carbocycles. The Bertz CT molecular complexity index is 241. The Hall–Kier alpha value is -0.780. The zero-order chi connectivity index (χ0) is 13.6. The van der Waals surface area contributed by atoms with Gasteiger partial charge in [-0.25, -0.2) is 0 Å². The topological polar surface area (TPSA) is 52.3 Å². The van der Waals surface area contributed by atoms with Crippen molar-refractivity contribution in [1.82, 2.24) is 0 Å². The highest BCUT2D eigenvalue weighted by atomic mass is 19.4. The van der Waals surface area contributed by atoms with Crippen LogP contribution in [0.3, 0.4) is 0 Å². The summed E-state index contributed by atoms with van der Waals surface area (Å²) in [6.45, 7) is 5.44. The van der Waals surface area contributed by atoms with Crippen LogP contribution in [0.25, 0.3) is 0 Å². The number of esters is 1. The second kappa shape index (κ2) is 6.83. The Morgan fingerprint density at radius 1 is 1.35 bits per heavy atom. The van der Waals surface area contributed by atoms with Crippen LogP contribution < -0.4 is 5.73 Å². The van der Waals surface area contributed by atoms with Crippen LogP contribution in [0, 0.1) is 11.8 Å². The number of alkyl halides is 3. The fourth-order valence-electron chi connectivity index (χ4n) is 1.34. The van der Waals surface area contributed by atoms with Crippen LogP contribution in [0.2, 0.25) is 0 Å². The van der Waals surface area contributed by atoms with E-state index in [1.54, 1.807) is 6.92 Å². The molecule has 2 N–H and O–H groups in total. The Morgan fingerprint density at radius 3 is 2.24 bits per heavy atom. The average molecular weight is 255 g/mol. The van der Waals surface area contributed by atoms with Crippen LogP contribution in [0.15, 0.2) is 0 Å². The van der Waals surface area contributed by atoms with Crippen LogP contribution >= 0.6 is 0 Å². The predicted molar refractivity (Wildman–Crippen MR) is 58.2 cm³/mol. The van der Waals surface area contributed by atoms with Gasteiger partial charge in [0.05, 0.1) is 12.5 Å². The van der Waals surface area contributed by atoms with Gasteiger partial charge in [-0.15, -0.1) is 0 Å². The van der Waals surface area contributed by atoms with Crippen molar-refractivity contribution in [2.24, 2.45) is 17.6 Å². The number of nitrogens with two attached hydrogens (primary N) is 1. The highest BCUT2D eigenvalue weighted by molar-refractivity contribution is 5.73. The van der Waals surface area contributed by atoms with Crippen molar-refractivity contribution in [1.29, 1.82) is 0 Å². The Morgan fingerprint density at radius 2 is 1.88 bits per heavy atom. The number of halogens is 3. The first kappa shape index (κ1) is 16.2. The smallest absolute Gasteiger partial charge is 0.404 e. The van der Waals surface area contributed by atoms with Gasteiger partial charge in [0.25, 0.3) is 0 Å². The first-order valence-corrected chi connectivity index (χ1v) is 5.69. The first-order valence-electron chi connectivity index (χ1n) is 5.69. The molecule has 0 rings (SSSR count). The number of rotatable bonds is 6. The number of hydrogen-bond donors (Lipinski definition) is 1. The van der Waals surface area contributed by atoms with E-state index in [2.05, 4.69) is 0 Å². The summed E-state index contributed by atoms with van der Waals surface area (Å²) >= 11 is 0. The minimum Gasteiger partial charge on any atom is -0.465 e. The molecular formula is C11H20F3NO2. The first-order chi connectivity index (χ1) is 7.70. The molecule has 0 radical (unpaired) electrons. The van der Waals surface area contributed by atoms with E-state index in [9.17, 15) is 18.0 Å². The predicted octanol–water partition coefficient (Wildman–Crippen LogP) is 2.49. The standard InChI is InChI=1S/C11H20F3NO2/c1-4-5-8(9(15)11(12,13)14)10(16)17-6-7(2)3/h7-9H,4-6,15H2,1-3H3/t8-,9-/m1/s1. The molecule has 0 fully saturated rings. The van der Waals surface area contributed by atoms with Gasteiger partial charge in [0.15, 0.2) is 0 Å². The molecule has 102 valence electrons. The summed E-state index contributed by atoms with van der Waals surface area (Å²) in [7, 11) is 0. The van der Waals surface area contributed by atoms with Crippen molar-refractivity contribution in [2.75, 3.05) is 6.61 Å². The Balaban J connectivity index is 4.56. The summed E-state index contributed by atoms with van der Waals surface area (Å²) in [6.07, 6.45) is -4.04. The molecule has 0 saturated heterocycles. The quantitative estimate of drug-likeness (QED) is 0.742. The number of hydrogen-bond acceptors (Lipinski definition) is 3. The van der Waals surface area contributed by atoms with E-state index < -0.39 is 24.1 Å². The third-order valence-electron chi connectivity index (χ3n) is 2.27. The number of carbonyl (C=O) groups is 1. The molecule has 6 heteroatoms. The van der Waals surface area contributed by atoms with Crippen LogP contribution in [0.4, 0.5) is 13.2 Å². The molecule has 17 heavy (non-hydrogen) atoms. The molecule has 0 unspecified atom stereocenters. The molecule has 0 amide bonds. The highest BCUT2D eigenvalue weighted by Gasteiger charge is 2.45. The lowest BCUT2D eigenvalue weighted by molar-refractivity contribution is -0.177. The average Bonchev–Trinajstić information content (AvgIpc) is 2.20. The third kappa shape index (κ3) is 5.91. The number of carbonyl (C=O) groups excluding carboxylic acids is 1. The molecule has 0 spiro atoms. The van der Waals surface area contributed by atoms with Crippen molar-refractivity contribution in [3.63, 3.8) is 0 Å². The van der Waals surface area contributed by atoms with E-state index in [1.165, 1.54) is 0 Å². The van der Waals surface area contributed by atoms with Gasteiger partial charge in [-0.1, -0.05) is 27.2 Å². The van der Waals surface area contributed by atoms with E-state index in [4.69, 9.17) is 10.5 Å². The minimum atomic E-state index is -4.57. The molecule has 0 aliphatic heterocycles. The van der Waals surface area contributed by atoms with Crippen LogP contribution in [0.5, 0.6) is 0 Å². The van der Waals surface area contributed by atoms with Gasteiger partial charge in [-0.2, -0.15) is 13.2 Å². The van der Waals surface area contributed by atoms with Crippen molar-refractivity contribution in [3.05, 3.63) is 0 Å². The molecular weight excluding hydrogens is 235 g/mol. The van der Waals surface area contributed by atoms with Crippen LogP contribution in [-0.2, 0) is 9.53 Å². The van der Waals surface area contributed by atoms with Gasteiger partial charge in [0.2, 0.25) is 0 Å². The highest BCUT2D eigenvalue weighted by Crippen LogP contribution is 2.27. The fraction of sp³-hybridized carbons (Fsp3) is 0.909.